The number of pyridine rings is 2. The van der Waals surface area contributed by atoms with Gasteiger partial charge in [-0.05, 0) is 74.1 Å². The fourth-order valence-electron chi connectivity index (χ4n) is 7.98. The minimum Gasteiger partial charge on any atom is -0.382 e. The highest BCUT2D eigenvalue weighted by Crippen LogP contribution is 2.35. The maximum atomic E-state index is 13.6. The number of likely N-dealkylation sites (tertiary alicyclic amines) is 1. The van der Waals surface area contributed by atoms with E-state index < -0.39 is 29.7 Å². The molecule has 0 aliphatic carbocycles. The molecule has 0 saturated carbocycles. The van der Waals surface area contributed by atoms with E-state index in [0.717, 1.165) is 16.0 Å². The fourth-order valence-corrected chi connectivity index (χ4v) is 7.98. The third kappa shape index (κ3) is 9.15. The number of rotatable bonds is 17. The molecule has 18 heteroatoms. The van der Waals surface area contributed by atoms with Crippen molar-refractivity contribution >= 4 is 46.9 Å². The number of nitrogens with zero attached hydrogens (tertiary/aromatic N) is 6. The Morgan fingerprint density at radius 2 is 1.69 bits per heavy atom. The van der Waals surface area contributed by atoms with Crippen LogP contribution < -0.4 is 16.0 Å². The molecule has 3 aliphatic heterocycles. The molecule has 2 fully saturated rings. The Hall–Kier alpha value is -7.05. The van der Waals surface area contributed by atoms with Crippen LogP contribution in [0.5, 0.6) is 0 Å². The summed E-state index contributed by atoms with van der Waals surface area (Å²) < 4.78 is 13.0. The van der Waals surface area contributed by atoms with Crippen LogP contribution in [0, 0.1) is 0 Å². The third-order valence-electron chi connectivity index (χ3n) is 11.1. The average molecular weight is 843 g/mol. The van der Waals surface area contributed by atoms with Gasteiger partial charge in [0.1, 0.15) is 17.6 Å². The molecule has 18 nitrogen and oxygen atoms in total. The Balaban J connectivity index is 0.750. The van der Waals surface area contributed by atoms with E-state index in [-0.39, 0.29) is 47.4 Å². The van der Waals surface area contributed by atoms with E-state index in [0.29, 0.717) is 94.8 Å². The van der Waals surface area contributed by atoms with Gasteiger partial charge in [0.05, 0.1) is 42.8 Å². The summed E-state index contributed by atoms with van der Waals surface area (Å²) in [5.74, 6) is -1.38. The van der Waals surface area contributed by atoms with Crippen LogP contribution in [0.2, 0.25) is 0 Å². The predicted molar refractivity (Wildman–Crippen MR) is 224 cm³/mol. The molecule has 5 aromatic rings. The summed E-state index contributed by atoms with van der Waals surface area (Å²) in [7, 11) is 0. The Bertz CT molecular complexity index is 2450. The van der Waals surface area contributed by atoms with Gasteiger partial charge in [0, 0.05) is 74.5 Å². The first kappa shape index (κ1) is 41.7. The van der Waals surface area contributed by atoms with E-state index in [1.807, 2.05) is 41.4 Å². The number of fused-ring (bicyclic) bond motifs is 1. The number of imide groups is 2. The molecular weight excluding hydrogens is 797 g/mol. The molecule has 6 amide bonds. The second kappa shape index (κ2) is 19.1. The van der Waals surface area contributed by atoms with Crippen molar-refractivity contribution in [1.29, 1.82) is 0 Å². The number of hydrogen-bond acceptors (Lipinski definition) is 12. The van der Waals surface area contributed by atoms with Crippen molar-refractivity contribution in [3.8, 4) is 17.1 Å². The molecule has 3 aliphatic rings. The number of hydrogen-bond donors (Lipinski definition) is 4. The van der Waals surface area contributed by atoms with Crippen molar-refractivity contribution in [3.05, 3.63) is 108 Å². The number of aromatic amines is 1. The van der Waals surface area contributed by atoms with Gasteiger partial charge in [0.15, 0.2) is 5.82 Å². The first-order chi connectivity index (χ1) is 30.3. The lowest BCUT2D eigenvalue weighted by molar-refractivity contribution is -0.136. The maximum Gasteiger partial charge on any atom is 0.275 e. The molecule has 0 radical (unpaired) electrons. The standard InChI is InChI=1S/C44H46N10O8/c55-37-13-12-35(42(58)50-37)53-43(59)30-6-3-8-33(39(30)44(53)60)46-19-23-62-25-24-61-22-5-11-38(56)52-20-15-28(16-21-52)31-27-48-54(36-10-1-2-17-47-36)40(31)51-41(57)34-9-4-7-32(49-34)29-14-18-45-26-29/h1-4,6-10,14,17-18,26-28,35,45-46H,5,11-13,15-16,19-25H2,(H,51,57)(H,50,55,58). The van der Waals surface area contributed by atoms with Gasteiger partial charge in [-0.15, -0.1) is 0 Å². The minimum atomic E-state index is -1.03. The monoisotopic (exact) mass is 842 g/mol. The zero-order valence-corrected chi connectivity index (χ0v) is 33.9. The number of anilines is 2. The summed E-state index contributed by atoms with van der Waals surface area (Å²) in [5, 5.41) is 13.0. The molecule has 7 heterocycles. The van der Waals surface area contributed by atoms with Crippen LogP contribution in [0.1, 0.15) is 81.2 Å². The second-order valence-corrected chi connectivity index (χ2v) is 15.1. The van der Waals surface area contributed by atoms with Crippen LogP contribution in [0.3, 0.4) is 0 Å². The number of H-pyrrole nitrogens is 1. The number of aromatic nitrogens is 5. The lowest BCUT2D eigenvalue weighted by Gasteiger charge is -2.32. The normalized spacial score (nSPS) is 16.7. The molecule has 320 valence electrons. The molecule has 1 aromatic carbocycles. The van der Waals surface area contributed by atoms with Gasteiger partial charge in [-0.2, -0.15) is 9.78 Å². The molecule has 1 unspecified atom stereocenters. The number of carbonyl (C=O) groups is 6. The number of nitrogens with one attached hydrogen (secondary N) is 4. The van der Waals surface area contributed by atoms with Gasteiger partial charge in [0.2, 0.25) is 17.7 Å². The maximum absolute atomic E-state index is 13.6. The van der Waals surface area contributed by atoms with Gasteiger partial charge < -0.3 is 30.0 Å². The molecule has 2 saturated heterocycles. The van der Waals surface area contributed by atoms with Crippen molar-refractivity contribution in [3.63, 3.8) is 0 Å². The Labute approximate surface area is 356 Å². The SMILES string of the molecule is O=C1CCC(N2C(=O)c3cccc(NCCOCCOCCCC(=O)N4CCC(c5cnn(-c6ccccn6)c5NC(=O)c5cccc(-c6cc[nH]c6)n5)CC4)c3C2=O)C(=O)N1. The van der Waals surface area contributed by atoms with E-state index in [9.17, 15) is 28.8 Å². The summed E-state index contributed by atoms with van der Waals surface area (Å²) in [6.07, 6.45) is 9.53. The zero-order valence-electron chi connectivity index (χ0n) is 33.9. The second-order valence-electron chi connectivity index (χ2n) is 15.1. The van der Waals surface area contributed by atoms with E-state index in [2.05, 4.69) is 36.0 Å². The van der Waals surface area contributed by atoms with Crippen molar-refractivity contribution in [1.82, 2.24) is 39.8 Å². The quantitative estimate of drug-likeness (QED) is 0.0772. The van der Waals surface area contributed by atoms with Gasteiger partial charge in [-0.25, -0.2) is 9.97 Å². The van der Waals surface area contributed by atoms with E-state index >= 15 is 0 Å². The van der Waals surface area contributed by atoms with Crippen LogP contribution in [-0.4, -0.2) is 122 Å². The largest absolute Gasteiger partial charge is 0.382 e. The minimum absolute atomic E-state index is 0.0507. The molecule has 8 rings (SSSR count). The Kier molecular flexibility index (Phi) is 12.9. The zero-order chi connectivity index (χ0) is 43.0. The summed E-state index contributed by atoms with van der Waals surface area (Å²) in [5.41, 5.74) is 3.54. The first-order valence-corrected chi connectivity index (χ1v) is 20.7. The number of carbonyl (C=O) groups excluding carboxylic acids is 6. The van der Waals surface area contributed by atoms with Crippen LogP contribution in [0.25, 0.3) is 17.1 Å². The fraction of sp³-hybridized carbons (Fsp3) is 0.341. The van der Waals surface area contributed by atoms with Crippen molar-refractivity contribution in [2.24, 2.45) is 0 Å². The smallest absolute Gasteiger partial charge is 0.275 e. The van der Waals surface area contributed by atoms with Crippen molar-refractivity contribution in [2.45, 2.75) is 50.5 Å². The van der Waals surface area contributed by atoms with Crippen molar-refractivity contribution < 1.29 is 38.2 Å². The third-order valence-corrected chi connectivity index (χ3v) is 11.1. The molecule has 1 atom stereocenters. The summed E-state index contributed by atoms with van der Waals surface area (Å²) in [6.45, 7) is 2.87. The lowest BCUT2D eigenvalue weighted by atomic mass is 9.90. The highest BCUT2D eigenvalue weighted by Gasteiger charge is 2.45. The number of amides is 6. The molecule has 0 spiro atoms. The van der Waals surface area contributed by atoms with Gasteiger partial charge >= 0.3 is 0 Å². The molecule has 4 aromatic heterocycles. The van der Waals surface area contributed by atoms with E-state index in [4.69, 9.17) is 9.47 Å². The van der Waals surface area contributed by atoms with Crippen LogP contribution in [0.4, 0.5) is 11.5 Å². The molecular formula is C44H46N10O8. The Morgan fingerprint density at radius 3 is 2.47 bits per heavy atom. The predicted octanol–water partition coefficient (Wildman–Crippen LogP) is 3.94. The summed E-state index contributed by atoms with van der Waals surface area (Å²) in [6, 6.07) is 16.6. The average Bonchev–Trinajstić information content (AvgIpc) is 4.04. The van der Waals surface area contributed by atoms with Gasteiger partial charge in [-0.1, -0.05) is 18.2 Å². The summed E-state index contributed by atoms with van der Waals surface area (Å²) >= 11 is 0. The summed E-state index contributed by atoms with van der Waals surface area (Å²) in [4.78, 5) is 92.0. The number of benzene rings is 1. The van der Waals surface area contributed by atoms with Crippen LogP contribution in [-0.2, 0) is 23.9 Å². The van der Waals surface area contributed by atoms with Crippen LogP contribution in [0.15, 0.2) is 85.5 Å². The number of piperidine rings is 2. The van der Waals surface area contributed by atoms with E-state index in [1.54, 1.807) is 53.6 Å². The molecule has 0 bridgehead atoms. The molecule has 62 heavy (non-hydrogen) atoms. The van der Waals surface area contributed by atoms with Crippen molar-refractivity contribution in [2.75, 3.05) is 56.7 Å². The van der Waals surface area contributed by atoms with E-state index in [1.165, 1.54) is 0 Å². The number of ether oxygens (including phenoxy) is 2. The Morgan fingerprint density at radius 1 is 0.871 bits per heavy atom. The van der Waals surface area contributed by atoms with Crippen LogP contribution >= 0.6 is 0 Å². The first-order valence-electron chi connectivity index (χ1n) is 20.7. The molecule has 4 N–H and O–H groups in total. The highest BCUT2D eigenvalue weighted by atomic mass is 16.5. The highest BCUT2D eigenvalue weighted by molar-refractivity contribution is 6.25. The van der Waals surface area contributed by atoms with Gasteiger partial charge in [-0.3, -0.25) is 39.0 Å². The topological polar surface area (TPSA) is 223 Å². The van der Waals surface area contributed by atoms with Gasteiger partial charge in [0.25, 0.3) is 17.7 Å². The lowest BCUT2D eigenvalue weighted by Crippen LogP contribution is -2.54.